The molecule has 2 aliphatic rings. The predicted octanol–water partition coefficient (Wildman–Crippen LogP) is 2.74. The molecular weight excluding hydrogens is 412 g/mol. The number of hydrogen-bond acceptors (Lipinski definition) is 6. The number of piperazine rings is 1. The first-order chi connectivity index (χ1) is 15.1. The molecule has 4 heterocycles. The molecule has 0 N–H and O–H groups in total. The van der Waals surface area contributed by atoms with Crippen molar-refractivity contribution in [2.24, 2.45) is 7.05 Å². The van der Waals surface area contributed by atoms with Crippen molar-refractivity contribution in [2.75, 3.05) is 64.4 Å². The van der Waals surface area contributed by atoms with Crippen molar-refractivity contribution in [1.82, 2.24) is 24.3 Å². The molecule has 1 atom stereocenters. The number of ether oxygens (including phenoxy) is 1. The Kier molecular flexibility index (Phi) is 5.84. The summed E-state index contributed by atoms with van der Waals surface area (Å²) in [7, 11) is 4.22. The molecule has 0 amide bonds. The van der Waals surface area contributed by atoms with Gasteiger partial charge in [-0.05, 0) is 25.2 Å². The molecule has 8 heteroatoms. The Bertz CT molecular complexity index is 1060. The fraction of sp³-hybridized carbons (Fsp3) is 0.478. The largest absolute Gasteiger partial charge is 0.378 e. The second-order valence-corrected chi connectivity index (χ2v) is 8.93. The number of para-hydroxylation sites is 2. The maximum absolute atomic E-state index is 6.59. The molecule has 1 aromatic carbocycles. The molecule has 0 saturated carbocycles. The van der Waals surface area contributed by atoms with Gasteiger partial charge in [0, 0.05) is 58.1 Å². The van der Waals surface area contributed by atoms with Crippen molar-refractivity contribution in [3.05, 3.63) is 41.6 Å². The summed E-state index contributed by atoms with van der Waals surface area (Å²) >= 11 is 6.59. The molecule has 1 unspecified atom stereocenters. The number of halogens is 1. The predicted molar refractivity (Wildman–Crippen MR) is 125 cm³/mol. The van der Waals surface area contributed by atoms with Gasteiger partial charge in [0.2, 0.25) is 0 Å². The van der Waals surface area contributed by atoms with E-state index in [-0.39, 0.29) is 0 Å². The number of benzene rings is 1. The molecule has 0 aliphatic carbocycles. The SMILES string of the molecule is CN1CCN(C2COCCN(c3cc(-c4nc5ccccc5n4C)c(Cl)cn3)C2)CC1. The summed E-state index contributed by atoms with van der Waals surface area (Å²) in [6.07, 6.45) is 1.75. The van der Waals surface area contributed by atoms with Gasteiger partial charge in [-0.2, -0.15) is 0 Å². The van der Waals surface area contributed by atoms with Crippen LogP contribution in [-0.4, -0.2) is 89.9 Å². The number of nitrogens with zero attached hydrogens (tertiary/aromatic N) is 6. The third-order valence-corrected chi connectivity index (χ3v) is 6.80. The second kappa shape index (κ2) is 8.74. The minimum Gasteiger partial charge on any atom is -0.378 e. The van der Waals surface area contributed by atoms with Crippen molar-refractivity contribution in [3.8, 4) is 11.4 Å². The molecular formula is C23H29ClN6O. The van der Waals surface area contributed by atoms with Crippen LogP contribution in [0.1, 0.15) is 0 Å². The van der Waals surface area contributed by atoms with Gasteiger partial charge in [-0.3, -0.25) is 4.90 Å². The fourth-order valence-corrected chi connectivity index (χ4v) is 4.75. The molecule has 7 nitrogen and oxygen atoms in total. The quantitative estimate of drug-likeness (QED) is 0.624. The van der Waals surface area contributed by atoms with E-state index in [1.54, 1.807) is 6.20 Å². The zero-order chi connectivity index (χ0) is 21.4. The number of aromatic nitrogens is 3. The zero-order valence-corrected chi connectivity index (χ0v) is 18.9. The van der Waals surface area contributed by atoms with Crippen LogP contribution in [0.25, 0.3) is 22.4 Å². The van der Waals surface area contributed by atoms with E-state index in [4.69, 9.17) is 21.3 Å². The number of anilines is 1. The maximum Gasteiger partial charge on any atom is 0.142 e. The Morgan fingerprint density at radius 3 is 2.68 bits per heavy atom. The number of likely N-dealkylation sites (N-methyl/N-ethyl adjacent to an activating group) is 1. The summed E-state index contributed by atoms with van der Waals surface area (Å²) in [5, 5.41) is 0.615. The van der Waals surface area contributed by atoms with Gasteiger partial charge in [0.05, 0.1) is 35.3 Å². The molecule has 2 aliphatic heterocycles. The highest BCUT2D eigenvalue weighted by atomic mass is 35.5. The van der Waals surface area contributed by atoms with Gasteiger partial charge in [0.1, 0.15) is 11.6 Å². The molecule has 3 aromatic rings. The van der Waals surface area contributed by atoms with E-state index in [9.17, 15) is 0 Å². The average Bonchev–Trinajstić information content (AvgIpc) is 2.96. The summed E-state index contributed by atoms with van der Waals surface area (Å²) < 4.78 is 8.07. The number of imidazole rings is 1. The van der Waals surface area contributed by atoms with Gasteiger partial charge in [0.25, 0.3) is 0 Å². The molecule has 2 fully saturated rings. The monoisotopic (exact) mass is 440 g/mol. The molecule has 2 aromatic heterocycles. The van der Waals surface area contributed by atoms with E-state index in [1.807, 2.05) is 25.2 Å². The van der Waals surface area contributed by atoms with E-state index in [1.165, 1.54) is 0 Å². The highest BCUT2D eigenvalue weighted by Gasteiger charge is 2.28. The van der Waals surface area contributed by atoms with Crippen molar-refractivity contribution < 1.29 is 4.74 Å². The van der Waals surface area contributed by atoms with Crippen LogP contribution in [0.5, 0.6) is 0 Å². The van der Waals surface area contributed by atoms with Crippen LogP contribution < -0.4 is 4.90 Å². The van der Waals surface area contributed by atoms with Crippen LogP contribution in [0, 0.1) is 0 Å². The summed E-state index contributed by atoms with van der Waals surface area (Å²) in [5.41, 5.74) is 2.96. The normalized spacial score (nSPS) is 21.5. The number of aryl methyl sites for hydroxylation is 1. The topological polar surface area (TPSA) is 49.7 Å². The first-order valence-electron chi connectivity index (χ1n) is 10.9. The maximum atomic E-state index is 6.59. The molecule has 0 radical (unpaired) electrons. The molecule has 31 heavy (non-hydrogen) atoms. The van der Waals surface area contributed by atoms with Crippen molar-refractivity contribution in [1.29, 1.82) is 0 Å². The lowest BCUT2D eigenvalue weighted by atomic mass is 10.2. The van der Waals surface area contributed by atoms with Crippen LogP contribution in [0.15, 0.2) is 36.5 Å². The Morgan fingerprint density at radius 2 is 1.87 bits per heavy atom. The van der Waals surface area contributed by atoms with Gasteiger partial charge in [0.15, 0.2) is 0 Å². The highest BCUT2D eigenvalue weighted by Crippen LogP contribution is 2.32. The van der Waals surface area contributed by atoms with Crippen LogP contribution in [0.4, 0.5) is 5.82 Å². The van der Waals surface area contributed by atoms with Crippen LogP contribution in [0.3, 0.4) is 0 Å². The molecule has 2 saturated heterocycles. The Hall–Kier alpha value is -2.19. The summed E-state index contributed by atoms with van der Waals surface area (Å²) in [6, 6.07) is 10.6. The Balaban J connectivity index is 1.44. The first kappa shape index (κ1) is 20.7. The number of fused-ring (bicyclic) bond motifs is 1. The van der Waals surface area contributed by atoms with E-state index in [0.717, 1.165) is 74.1 Å². The minimum atomic E-state index is 0.368. The summed E-state index contributed by atoms with van der Waals surface area (Å²) in [4.78, 5) is 16.8. The summed E-state index contributed by atoms with van der Waals surface area (Å²) in [6.45, 7) is 7.57. The van der Waals surface area contributed by atoms with E-state index in [2.05, 4.69) is 43.4 Å². The van der Waals surface area contributed by atoms with E-state index in [0.29, 0.717) is 17.7 Å². The third-order valence-electron chi connectivity index (χ3n) is 6.49. The summed E-state index contributed by atoms with van der Waals surface area (Å²) in [5.74, 6) is 1.78. The average molecular weight is 441 g/mol. The van der Waals surface area contributed by atoms with Crippen LogP contribution in [0.2, 0.25) is 5.02 Å². The van der Waals surface area contributed by atoms with Gasteiger partial charge >= 0.3 is 0 Å². The van der Waals surface area contributed by atoms with Crippen molar-refractivity contribution in [3.63, 3.8) is 0 Å². The molecule has 0 bridgehead atoms. The Morgan fingerprint density at radius 1 is 1.06 bits per heavy atom. The lowest BCUT2D eigenvalue weighted by Crippen LogP contribution is -2.53. The molecule has 164 valence electrons. The number of pyridine rings is 1. The van der Waals surface area contributed by atoms with E-state index >= 15 is 0 Å². The van der Waals surface area contributed by atoms with E-state index < -0.39 is 0 Å². The molecule has 0 spiro atoms. The van der Waals surface area contributed by atoms with Crippen molar-refractivity contribution >= 4 is 28.5 Å². The van der Waals surface area contributed by atoms with Gasteiger partial charge in [-0.15, -0.1) is 0 Å². The van der Waals surface area contributed by atoms with Crippen LogP contribution in [-0.2, 0) is 11.8 Å². The number of rotatable bonds is 3. The van der Waals surface area contributed by atoms with Crippen LogP contribution >= 0.6 is 11.6 Å². The minimum absolute atomic E-state index is 0.368. The zero-order valence-electron chi connectivity index (χ0n) is 18.2. The molecule has 5 rings (SSSR count). The number of hydrogen-bond donors (Lipinski definition) is 0. The van der Waals surface area contributed by atoms with Gasteiger partial charge in [-0.25, -0.2) is 9.97 Å². The third kappa shape index (κ3) is 4.15. The highest BCUT2D eigenvalue weighted by molar-refractivity contribution is 6.33. The smallest absolute Gasteiger partial charge is 0.142 e. The van der Waals surface area contributed by atoms with Gasteiger partial charge in [-0.1, -0.05) is 23.7 Å². The van der Waals surface area contributed by atoms with Crippen molar-refractivity contribution in [2.45, 2.75) is 6.04 Å². The van der Waals surface area contributed by atoms with Gasteiger partial charge < -0.3 is 19.1 Å². The lowest BCUT2D eigenvalue weighted by molar-refractivity contribution is 0.0538. The standard InChI is InChI=1S/C23H29ClN6O/c1-27-7-9-29(10-8-27)17-15-30(11-12-31-16-17)22-13-18(19(24)14-25-22)23-26-20-5-3-4-6-21(20)28(23)2/h3-6,13-14,17H,7-12,15-16H2,1-2H3. The Labute approximate surface area is 188 Å². The fourth-order valence-electron chi connectivity index (χ4n) is 4.57. The first-order valence-corrected chi connectivity index (χ1v) is 11.3. The second-order valence-electron chi connectivity index (χ2n) is 8.52. The lowest BCUT2D eigenvalue weighted by Gasteiger charge is -2.38.